The van der Waals surface area contributed by atoms with Crippen LogP contribution in [0.2, 0.25) is 5.02 Å². The van der Waals surface area contributed by atoms with Gasteiger partial charge in [-0.15, -0.1) is 0 Å². The van der Waals surface area contributed by atoms with Gasteiger partial charge in [-0.3, -0.25) is 24.6 Å². The number of halogens is 1. The van der Waals surface area contributed by atoms with Crippen molar-refractivity contribution in [1.29, 1.82) is 0 Å². The highest BCUT2D eigenvalue weighted by Crippen LogP contribution is 2.33. The highest BCUT2D eigenvalue weighted by atomic mass is 35.5. The Hall–Kier alpha value is -1.67. The first-order valence-corrected chi connectivity index (χ1v) is 6.91. The van der Waals surface area contributed by atoms with Crippen LogP contribution >= 0.6 is 23.4 Å². The van der Waals surface area contributed by atoms with Crippen LogP contribution in [-0.4, -0.2) is 32.7 Å². The summed E-state index contributed by atoms with van der Waals surface area (Å²) in [7, 11) is 0. The Kier molecular flexibility index (Phi) is 4.24. The van der Waals surface area contributed by atoms with Gasteiger partial charge < -0.3 is 0 Å². The van der Waals surface area contributed by atoms with Gasteiger partial charge in [0.15, 0.2) is 10.9 Å². The van der Waals surface area contributed by atoms with Crippen LogP contribution in [-0.2, 0) is 9.59 Å². The number of anilines is 1. The molecule has 2 heterocycles. The molecule has 7 nitrogen and oxygen atoms in total. The summed E-state index contributed by atoms with van der Waals surface area (Å²) in [6, 6.07) is 1.16. The van der Waals surface area contributed by atoms with E-state index in [1.54, 1.807) is 0 Å². The number of hydrogen-bond donors (Lipinski definition) is 0. The number of pyridine rings is 1. The number of thioether (sulfide) groups is 1. The summed E-state index contributed by atoms with van der Waals surface area (Å²) >= 11 is 7.04. The standard InChI is InChI=1S/C11H10ClN3O4S/c1-6(16)20-8-3-10(17)14(5-8)11-9(12)2-7(4-13-11)15(18)19/h2,4,8H,3,5H2,1H3. The van der Waals surface area contributed by atoms with Gasteiger partial charge in [0.1, 0.15) is 6.20 Å². The normalized spacial score (nSPS) is 18.4. The lowest BCUT2D eigenvalue weighted by atomic mass is 10.4. The molecule has 1 aromatic rings. The van der Waals surface area contributed by atoms with Crippen LogP contribution in [0.1, 0.15) is 13.3 Å². The summed E-state index contributed by atoms with van der Waals surface area (Å²) in [5.74, 6) is -0.0130. The minimum absolute atomic E-state index is 0.0426. The number of carbonyl (C=O) groups is 2. The molecule has 1 saturated heterocycles. The third kappa shape index (κ3) is 3.07. The second kappa shape index (κ2) is 5.76. The third-order valence-corrected chi connectivity index (χ3v) is 3.96. The average molecular weight is 316 g/mol. The molecule has 20 heavy (non-hydrogen) atoms. The summed E-state index contributed by atoms with van der Waals surface area (Å²) in [5.41, 5.74) is -0.236. The van der Waals surface area contributed by atoms with E-state index in [0.29, 0.717) is 6.54 Å². The van der Waals surface area contributed by atoms with E-state index in [9.17, 15) is 19.7 Å². The zero-order valence-electron chi connectivity index (χ0n) is 10.4. The molecule has 9 heteroatoms. The first kappa shape index (κ1) is 14.7. The molecule has 1 aromatic heterocycles. The molecule has 1 aliphatic heterocycles. The Morgan fingerprint density at radius 3 is 2.90 bits per heavy atom. The van der Waals surface area contributed by atoms with E-state index >= 15 is 0 Å². The van der Waals surface area contributed by atoms with Crippen molar-refractivity contribution >= 4 is 45.9 Å². The van der Waals surface area contributed by atoms with Crippen molar-refractivity contribution in [3.8, 4) is 0 Å². The van der Waals surface area contributed by atoms with Gasteiger partial charge >= 0.3 is 0 Å². The molecule has 0 spiro atoms. The lowest BCUT2D eigenvalue weighted by Crippen LogP contribution is -2.26. The fourth-order valence-corrected chi connectivity index (χ4v) is 3.09. The SMILES string of the molecule is CC(=O)SC1CC(=O)N(c2ncc([N+](=O)[O-])cc2Cl)C1. The van der Waals surface area contributed by atoms with Gasteiger partial charge in [-0.05, 0) is 0 Å². The molecule has 1 fully saturated rings. The highest BCUT2D eigenvalue weighted by molar-refractivity contribution is 8.14. The van der Waals surface area contributed by atoms with Crippen LogP contribution in [0.25, 0.3) is 0 Å². The summed E-state index contributed by atoms with van der Waals surface area (Å²) in [6.45, 7) is 1.75. The monoisotopic (exact) mass is 315 g/mol. The molecule has 1 atom stereocenters. The van der Waals surface area contributed by atoms with Crippen LogP contribution in [0.15, 0.2) is 12.3 Å². The number of rotatable bonds is 3. The maximum atomic E-state index is 11.9. The third-order valence-electron chi connectivity index (χ3n) is 2.70. The van der Waals surface area contributed by atoms with Gasteiger partial charge in [0.2, 0.25) is 5.91 Å². The van der Waals surface area contributed by atoms with Crippen molar-refractivity contribution in [2.45, 2.75) is 18.6 Å². The Morgan fingerprint density at radius 2 is 2.35 bits per heavy atom. The number of amides is 1. The fourth-order valence-electron chi connectivity index (χ4n) is 1.91. The molecule has 0 aromatic carbocycles. The minimum Gasteiger partial charge on any atom is -0.294 e. The minimum atomic E-state index is -0.608. The molecule has 106 valence electrons. The molecule has 1 aliphatic rings. The predicted octanol–water partition coefficient (Wildman–Crippen LogP) is 2.03. The van der Waals surface area contributed by atoms with E-state index in [-0.39, 0.29) is 39.2 Å². The smallest absolute Gasteiger partial charge is 0.289 e. The number of hydrogen-bond acceptors (Lipinski definition) is 6. The van der Waals surface area contributed by atoms with Crippen molar-refractivity contribution < 1.29 is 14.5 Å². The van der Waals surface area contributed by atoms with Crippen molar-refractivity contribution in [2.24, 2.45) is 0 Å². The van der Waals surface area contributed by atoms with Crippen LogP contribution in [0, 0.1) is 10.1 Å². The Balaban J connectivity index is 2.22. The fraction of sp³-hybridized carbons (Fsp3) is 0.364. The molecule has 0 saturated carbocycles. The summed E-state index contributed by atoms with van der Waals surface area (Å²) in [6.07, 6.45) is 1.28. The van der Waals surface area contributed by atoms with Crippen molar-refractivity contribution in [3.63, 3.8) is 0 Å². The molecule has 1 amide bonds. The van der Waals surface area contributed by atoms with E-state index in [0.717, 1.165) is 24.0 Å². The quantitative estimate of drug-likeness (QED) is 0.626. The second-order valence-electron chi connectivity index (χ2n) is 4.20. The Labute approximate surface area is 123 Å². The van der Waals surface area contributed by atoms with E-state index in [1.165, 1.54) is 11.8 Å². The molecule has 0 N–H and O–H groups in total. The van der Waals surface area contributed by atoms with Gasteiger partial charge in [0.25, 0.3) is 5.69 Å². The molecule has 0 aliphatic carbocycles. The lowest BCUT2D eigenvalue weighted by Gasteiger charge is -2.16. The number of nitro groups is 1. The summed E-state index contributed by atoms with van der Waals surface area (Å²) < 4.78 is 0. The average Bonchev–Trinajstić information content (AvgIpc) is 2.68. The van der Waals surface area contributed by atoms with Crippen molar-refractivity contribution in [2.75, 3.05) is 11.4 Å². The highest BCUT2D eigenvalue weighted by Gasteiger charge is 2.34. The van der Waals surface area contributed by atoms with E-state index in [2.05, 4.69) is 4.98 Å². The number of nitrogens with zero attached hydrogens (tertiary/aromatic N) is 3. The van der Waals surface area contributed by atoms with E-state index in [4.69, 9.17) is 11.6 Å². The zero-order chi connectivity index (χ0) is 14.9. The van der Waals surface area contributed by atoms with Crippen LogP contribution in [0.3, 0.4) is 0 Å². The molecule has 2 rings (SSSR count). The first-order valence-electron chi connectivity index (χ1n) is 5.66. The van der Waals surface area contributed by atoms with Gasteiger partial charge in [-0.25, -0.2) is 4.98 Å². The van der Waals surface area contributed by atoms with E-state index in [1.807, 2.05) is 0 Å². The van der Waals surface area contributed by atoms with Crippen molar-refractivity contribution in [1.82, 2.24) is 4.98 Å². The molecule has 0 radical (unpaired) electrons. The van der Waals surface area contributed by atoms with Crippen molar-refractivity contribution in [3.05, 3.63) is 27.4 Å². The molecule has 0 bridgehead atoms. The second-order valence-corrected chi connectivity index (χ2v) is 6.08. The molecular weight excluding hydrogens is 306 g/mol. The molecular formula is C11H10ClN3O4S. The number of aromatic nitrogens is 1. The largest absolute Gasteiger partial charge is 0.294 e. The van der Waals surface area contributed by atoms with Gasteiger partial charge in [-0.2, -0.15) is 0 Å². The predicted molar refractivity (Wildman–Crippen MR) is 74.9 cm³/mol. The van der Waals surface area contributed by atoms with Crippen LogP contribution in [0.5, 0.6) is 0 Å². The topological polar surface area (TPSA) is 93.4 Å². The zero-order valence-corrected chi connectivity index (χ0v) is 12.0. The van der Waals surface area contributed by atoms with Gasteiger partial charge in [0, 0.05) is 31.2 Å². The van der Waals surface area contributed by atoms with E-state index < -0.39 is 4.92 Å². The Bertz CT molecular complexity index is 595. The first-order chi connectivity index (χ1) is 9.38. The maximum absolute atomic E-state index is 11.9. The maximum Gasteiger partial charge on any atom is 0.289 e. The lowest BCUT2D eigenvalue weighted by molar-refractivity contribution is -0.385. The van der Waals surface area contributed by atoms with Gasteiger partial charge in [-0.1, -0.05) is 23.4 Å². The van der Waals surface area contributed by atoms with Crippen LogP contribution in [0.4, 0.5) is 11.5 Å². The van der Waals surface area contributed by atoms with Gasteiger partial charge in [0.05, 0.1) is 9.95 Å². The number of carbonyl (C=O) groups excluding carboxylic acids is 2. The van der Waals surface area contributed by atoms with Crippen LogP contribution < -0.4 is 4.90 Å². The summed E-state index contributed by atoms with van der Waals surface area (Å²) in [4.78, 5) is 38.2. The summed E-state index contributed by atoms with van der Waals surface area (Å²) in [5, 5.41) is 10.4. The Morgan fingerprint density at radius 1 is 1.65 bits per heavy atom. The molecule has 1 unspecified atom stereocenters.